The van der Waals surface area contributed by atoms with Crippen molar-refractivity contribution in [1.29, 1.82) is 0 Å². The number of amides is 1. The van der Waals surface area contributed by atoms with E-state index in [4.69, 9.17) is 9.72 Å². The van der Waals surface area contributed by atoms with Gasteiger partial charge in [-0.05, 0) is 18.1 Å². The summed E-state index contributed by atoms with van der Waals surface area (Å²) in [6.07, 6.45) is -0.614. The highest BCUT2D eigenvalue weighted by Gasteiger charge is 2.47. The summed E-state index contributed by atoms with van der Waals surface area (Å²) in [4.78, 5) is 30.5. The number of benzene rings is 2. The molecule has 14 heteroatoms. The van der Waals surface area contributed by atoms with Crippen LogP contribution in [0.25, 0.3) is 11.2 Å². The normalized spacial score (nSPS) is 19.8. The molecule has 0 radical (unpaired) electrons. The lowest BCUT2D eigenvalue weighted by molar-refractivity contribution is -0.137. The summed E-state index contributed by atoms with van der Waals surface area (Å²) in [5, 5.41) is 35.0. The molecule has 1 saturated heterocycles. The highest BCUT2D eigenvalue weighted by Crippen LogP contribution is 2.33. The Kier molecular flexibility index (Phi) is 8.72. The molecule has 14 nitrogen and oxygen atoms in total. The maximum absolute atomic E-state index is 12.5. The smallest absolute Gasteiger partial charge is 0.252 e. The van der Waals surface area contributed by atoms with Crippen LogP contribution in [0.4, 0.5) is 11.8 Å². The molecule has 44 heavy (non-hydrogen) atoms. The Morgan fingerprint density at radius 2 is 1.70 bits per heavy atom. The Balaban J connectivity index is 1.33. The van der Waals surface area contributed by atoms with Gasteiger partial charge in [0.1, 0.15) is 24.9 Å². The largest absolute Gasteiger partial charge is 0.387 e. The maximum Gasteiger partial charge on any atom is 0.252 e. The van der Waals surface area contributed by atoms with Crippen LogP contribution in [-0.2, 0) is 16.1 Å². The van der Waals surface area contributed by atoms with Crippen LogP contribution in [0.2, 0.25) is 0 Å². The summed E-state index contributed by atoms with van der Waals surface area (Å²) in [6, 6.07) is 20.4. The molecule has 1 fully saturated rings. The fraction of sp³-hybridized carbons (Fsp3) is 0.333. The average Bonchev–Trinajstić information content (AvgIpc) is 3.79. The van der Waals surface area contributed by atoms with E-state index in [0.717, 1.165) is 11.1 Å². The van der Waals surface area contributed by atoms with E-state index in [9.17, 15) is 15.0 Å². The number of nitrogens with one attached hydrogen (secondary N) is 3. The Morgan fingerprint density at radius 3 is 2.36 bits per heavy atom. The van der Waals surface area contributed by atoms with Crippen LogP contribution in [0, 0.1) is 0 Å². The minimum atomic E-state index is -1.43. The summed E-state index contributed by atoms with van der Waals surface area (Å²) >= 11 is 0. The molecule has 0 unspecified atom stereocenters. The van der Waals surface area contributed by atoms with E-state index in [1.54, 1.807) is 17.9 Å². The fourth-order valence-corrected chi connectivity index (χ4v) is 5.31. The molecule has 1 aliphatic heterocycles. The summed E-state index contributed by atoms with van der Waals surface area (Å²) < 4.78 is 9.07. The van der Waals surface area contributed by atoms with Crippen molar-refractivity contribution in [3.63, 3.8) is 0 Å². The van der Waals surface area contributed by atoms with E-state index >= 15 is 0 Å². The van der Waals surface area contributed by atoms with Gasteiger partial charge in [-0.3, -0.25) is 14.0 Å². The number of hydrogen-bond donors (Lipinski definition) is 5. The molecule has 5 N–H and O–H groups in total. The number of fused-ring (bicyclic) bond motifs is 1. The minimum absolute atomic E-state index is 0.0150. The number of aliphatic hydroxyl groups excluding tert-OH is 2. The zero-order chi connectivity index (χ0) is 30.5. The van der Waals surface area contributed by atoms with Crippen molar-refractivity contribution < 1.29 is 19.7 Å². The standard InChI is InChI=1S/C30H34N10O4/c1-2-32-28(43)25-23(41)24(42)29(44-25)40-18-35-22-26(37-30(38-27(22)40)33-13-14-39-17-31-16-36-39)34-15-21(19-9-5-3-6-10-19)20-11-7-4-8-12-20/h3-12,16-18,21,23-25,29,41-42H,2,13-15H2,1H3,(H,32,43)(H2,33,34,37,38)/t23-,24+,25-,29+/m0/s1. The topological polar surface area (TPSA) is 177 Å². The first kappa shape index (κ1) is 29.2. The third-order valence-corrected chi connectivity index (χ3v) is 7.51. The molecule has 228 valence electrons. The van der Waals surface area contributed by atoms with Gasteiger partial charge in [-0.2, -0.15) is 15.1 Å². The molecule has 4 atom stereocenters. The number of carbonyl (C=O) groups is 1. The molecule has 0 spiro atoms. The van der Waals surface area contributed by atoms with E-state index in [1.165, 1.54) is 17.2 Å². The predicted molar refractivity (Wildman–Crippen MR) is 162 cm³/mol. The lowest BCUT2D eigenvalue weighted by Crippen LogP contribution is -2.42. The molecule has 1 amide bonds. The van der Waals surface area contributed by atoms with E-state index in [2.05, 4.69) is 60.3 Å². The number of hydrogen-bond acceptors (Lipinski definition) is 11. The Labute approximate surface area is 253 Å². The minimum Gasteiger partial charge on any atom is -0.387 e. The van der Waals surface area contributed by atoms with Gasteiger partial charge in [0.15, 0.2) is 29.3 Å². The fourth-order valence-electron chi connectivity index (χ4n) is 5.31. The number of likely N-dealkylation sites (N-methyl/N-ethyl adjacent to an activating group) is 1. The van der Waals surface area contributed by atoms with Gasteiger partial charge in [0.2, 0.25) is 5.95 Å². The molecule has 2 aromatic carbocycles. The van der Waals surface area contributed by atoms with Crippen molar-refractivity contribution in [3.05, 3.63) is 90.8 Å². The van der Waals surface area contributed by atoms with E-state index < -0.39 is 30.4 Å². The molecule has 0 bridgehead atoms. The summed E-state index contributed by atoms with van der Waals surface area (Å²) in [5.41, 5.74) is 3.08. The van der Waals surface area contributed by atoms with Crippen LogP contribution < -0.4 is 16.0 Å². The molecule has 1 aliphatic rings. The van der Waals surface area contributed by atoms with Crippen LogP contribution in [0.3, 0.4) is 0 Å². The zero-order valence-electron chi connectivity index (χ0n) is 24.1. The quantitative estimate of drug-likeness (QED) is 0.141. The summed E-state index contributed by atoms with van der Waals surface area (Å²) in [6.45, 7) is 3.61. The summed E-state index contributed by atoms with van der Waals surface area (Å²) in [5.74, 6) is 0.292. The van der Waals surface area contributed by atoms with Crippen molar-refractivity contribution >= 4 is 28.8 Å². The van der Waals surface area contributed by atoms with Crippen LogP contribution in [-0.4, -0.2) is 88.3 Å². The zero-order valence-corrected chi connectivity index (χ0v) is 24.1. The van der Waals surface area contributed by atoms with E-state index in [-0.39, 0.29) is 5.92 Å². The average molecular weight is 599 g/mol. The van der Waals surface area contributed by atoms with Crippen LogP contribution in [0.1, 0.15) is 30.2 Å². The Bertz CT molecular complexity index is 1630. The van der Waals surface area contributed by atoms with Crippen molar-refractivity contribution in [2.45, 2.75) is 43.9 Å². The molecule has 3 aromatic heterocycles. The van der Waals surface area contributed by atoms with Crippen molar-refractivity contribution in [1.82, 2.24) is 39.6 Å². The Hall–Kier alpha value is -4.92. The Morgan fingerprint density at radius 1 is 0.977 bits per heavy atom. The SMILES string of the molecule is CCNC(=O)[C@H]1O[C@@H](n2cnc3c(NCC(c4ccccc4)c4ccccc4)nc(NCCn4cncn4)nc32)[C@H](O)[C@@H]1O. The third kappa shape index (κ3) is 6.08. The maximum atomic E-state index is 12.5. The van der Waals surface area contributed by atoms with Gasteiger partial charge in [0.05, 0.1) is 12.9 Å². The van der Waals surface area contributed by atoms with Gasteiger partial charge >= 0.3 is 0 Å². The van der Waals surface area contributed by atoms with Gasteiger partial charge in [0.25, 0.3) is 5.91 Å². The molecule has 4 heterocycles. The predicted octanol–water partition coefficient (Wildman–Crippen LogP) is 1.53. The van der Waals surface area contributed by atoms with Gasteiger partial charge in [-0.15, -0.1) is 0 Å². The van der Waals surface area contributed by atoms with E-state index in [1.807, 2.05) is 36.4 Å². The second-order valence-corrected chi connectivity index (χ2v) is 10.4. The van der Waals surface area contributed by atoms with Gasteiger partial charge in [0, 0.05) is 25.6 Å². The number of imidazole rings is 1. The molecule has 5 aromatic rings. The molecule has 0 saturated carbocycles. The van der Waals surface area contributed by atoms with E-state index in [0.29, 0.717) is 49.1 Å². The number of aliphatic hydroxyl groups is 2. The summed E-state index contributed by atoms with van der Waals surface area (Å²) in [7, 11) is 0. The molecular weight excluding hydrogens is 564 g/mol. The van der Waals surface area contributed by atoms with Gasteiger partial charge < -0.3 is 30.9 Å². The number of ether oxygens (including phenoxy) is 1. The highest BCUT2D eigenvalue weighted by atomic mass is 16.6. The first-order chi connectivity index (χ1) is 21.5. The first-order valence-corrected chi connectivity index (χ1v) is 14.5. The molecule has 0 aliphatic carbocycles. The second-order valence-electron chi connectivity index (χ2n) is 10.4. The number of aromatic nitrogens is 7. The van der Waals surface area contributed by atoms with Crippen LogP contribution in [0.15, 0.2) is 79.6 Å². The van der Waals surface area contributed by atoms with Crippen molar-refractivity contribution in [2.75, 3.05) is 30.3 Å². The lowest BCUT2D eigenvalue weighted by atomic mass is 9.91. The van der Waals surface area contributed by atoms with Gasteiger partial charge in [-0.25, -0.2) is 9.97 Å². The lowest BCUT2D eigenvalue weighted by Gasteiger charge is -2.20. The number of anilines is 2. The highest BCUT2D eigenvalue weighted by molar-refractivity contribution is 5.85. The second kappa shape index (κ2) is 13.2. The first-order valence-electron chi connectivity index (χ1n) is 14.5. The van der Waals surface area contributed by atoms with Gasteiger partial charge in [-0.1, -0.05) is 60.7 Å². The van der Waals surface area contributed by atoms with Crippen LogP contribution in [0.5, 0.6) is 0 Å². The van der Waals surface area contributed by atoms with Crippen molar-refractivity contribution in [3.8, 4) is 0 Å². The molecular formula is C30H34N10O4. The molecule has 6 rings (SSSR count). The number of rotatable bonds is 12. The number of carbonyl (C=O) groups excluding carboxylic acids is 1. The monoisotopic (exact) mass is 598 g/mol. The third-order valence-electron chi connectivity index (χ3n) is 7.51. The van der Waals surface area contributed by atoms with Crippen molar-refractivity contribution in [2.24, 2.45) is 0 Å². The van der Waals surface area contributed by atoms with Crippen LogP contribution >= 0.6 is 0 Å². The number of nitrogens with zero attached hydrogens (tertiary/aromatic N) is 7.